The lowest BCUT2D eigenvalue weighted by Crippen LogP contribution is -2.25. The quantitative estimate of drug-likeness (QED) is 0.203. The van der Waals surface area contributed by atoms with E-state index in [0.717, 1.165) is 57.5 Å². The van der Waals surface area contributed by atoms with E-state index in [1.54, 1.807) is 12.3 Å². The minimum absolute atomic E-state index is 0. The number of unbranched alkanes of at least 4 members (excludes halogenated alkanes) is 1. The van der Waals surface area contributed by atoms with Gasteiger partial charge in [0.1, 0.15) is 5.69 Å². The highest BCUT2D eigenvalue weighted by Gasteiger charge is 2.14. The normalized spacial score (nSPS) is 10.4. The van der Waals surface area contributed by atoms with Crippen molar-refractivity contribution < 1.29 is 4.79 Å². The molecule has 2 aromatic carbocycles. The van der Waals surface area contributed by atoms with Crippen molar-refractivity contribution in [1.29, 1.82) is 0 Å². The molecule has 0 atom stereocenters. The number of carbonyl (C=O) groups is 1. The number of nitrogens with zero attached hydrogens (tertiary/aromatic N) is 2. The Bertz CT molecular complexity index is 1380. The smallest absolute Gasteiger partial charge is 0.269 e. The van der Waals surface area contributed by atoms with Gasteiger partial charge in [-0.1, -0.05) is 35.9 Å². The average Bonchev–Trinajstić information content (AvgIpc) is 2.86. The van der Waals surface area contributed by atoms with Crippen LogP contribution in [0.2, 0.25) is 5.02 Å². The van der Waals surface area contributed by atoms with Gasteiger partial charge in [-0.05, 0) is 81.1 Å². The Labute approximate surface area is 235 Å². The average molecular weight is 561 g/mol. The summed E-state index contributed by atoms with van der Waals surface area (Å²) in [4.78, 5) is 21.4. The van der Waals surface area contributed by atoms with Crippen molar-refractivity contribution >= 4 is 64.6 Å². The molecule has 0 spiro atoms. The number of fused-ring (bicyclic) bond motifs is 1. The summed E-state index contributed by atoms with van der Waals surface area (Å²) in [6.45, 7) is 7.26. The lowest BCUT2D eigenvalue weighted by Gasteiger charge is -2.16. The van der Waals surface area contributed by atoms with Gasteiger partial charge in [0.15, 0.2) is 0 Å². The highest BCUT2D eigenvalue weighted by molar-refractivity contribution is 6.35. The minimum Gasteiger partial charge on any atom is -0.353 e. The van der Waals surface area contributed by atoms with Gasteiger partial charge < -0.3 is 16.4 Å². The Morgan fingerprint density at radius 3 is 2.43 bits per heavy atom. The predicted octanol–water partition coefficient (Wildman–Crippen LogP) is 6.93. The first kappa shape index (κ1) is 30.3. The molecule has 0 radical (unpaired) electrons. The topological polar surface area (TPSA) is 92.9 Å². The first-order valence-corrected chi connectivity index (χ1v) is 12.1. The number of nitrogens with one attached hydrogen (secondary N) is 2. The zero-order chi connectivity index (χ0) is 24.9. The fourth-order valence-electron chi connectivity index (χ4n) is 3.93. The van der Waals surface area contributed by atoms with E-state index < -0.39 is 0 Å². The number of anilines is 2. The van der Waals surface area contributed by atoms with Crippen molar-refractivity contribution in [3.05, 3.63) is 82.3 Å². The van der Waals surface area contributed by atoms with E-state index in [1.807, 2.05) is 25.1 Å². The molecule has 2 heterocycles. The minimum atomic E-state index is -0.182. The van der Waals surface area contributed by atoms with Crippen molar-refractivity contribution in [2.45, 2.75) is 33.6 Å². The largest absolute Gasteiger partial charge is 0.353 e. The van der Waals surface area contributed by atoms with Gasteiger partial charge >= 0.3 is 0 Å². The monoisotopic (exact) mass is 559 g/mol. The summed E-state index contributed by atoms with van der Waals surface area (Å²) in [7, 11) is 0. The number of amides is 1. The third-order valence-corrected chi connectivity index (χ3v) is 6.45. The number of rotatable bonds is 8. The van der Waals surface area contributed by atoms with E-state index in [9.17, 15) is 4.79 Å². The van der Waals surface area contributed by atoms with Crippen LogP contribution in [-0.2, 0) is 0 Å². The summed E-state index contributed by atoms with van der Waals surface area (Å²) in [5.74, 6) is -0.182. The molecule has 0 bridgehead atoms. The molecule has 4 rings (SSSR count). The van der Waals surface area contributed by atoms with Gasteiger partial charge in [-0.15, -0.1) is 24.8 Å². The van der Waals surface area contributed by atoms with Crippen LogP contribution in [0.3, 0.4) is 0 Å². The Balaban J connectivity index is 0.00000241. The second kappa shape index (κ2) is 13.6. The molecule has 4 N–H and O–H groups in total. The molecule has 0 aliphatic rings. The van der Waals surface area contributed by atoms with Gasteiger partial charge in [0, 0.05) is 29.4 Å². The SMILES string of the molecule is Cc1ccc(C)c(Nc2c(Cl)c(C)nc3ccc(-c4ccc(C(=O)NCCCCN)nc4)cc23)c1.Cl.Cl. The third kappa shape index (κ3) is 7.11. The molecule has 4 aromatic rings. The summed E-state index contributed by atoms with van der Waals surface area (Å²) in [6, 6.07) is 16.0. The number of hydrogen-bond donors (Lipinski definition) is 3. The van der Waals surface area contributed by atoms with Crippen LogP contribution >= 0.6 is 36.4 Å². The molecule has 6 nitrogen and oxygen atoms in total. The molecule has 0 saturated carbocycles. The summed E-state index contributed by atoms with van der Waals surface area (Å²) in [5.41, 5.74) is 13.5. The molecule has 0 aliphatic heterocycles. The van der Waals surface area contributed by atoms with Gasteiger partial charge in [0.05, 0.1) is 21.9 Å². The summed E-state index contributed by atoms with van der Waals surface area (Å²) >= 11 is 6.74. The van der Waals surface area contributed by atoms with E-state index in [-0.39, 0.29) is 30.7 Å². The number of halogens is 3. The summed E-state index contributed by atoms with van der Waals surface area (Å²) < 4.78 is 0. The van der Waals surface area contributed by atoms with Crippen molar-refractivity contribution in [3.63, 3.8) is 0 Å². The Hall–Kier alpha value is -2.90. The zero-order valence-electron chi connectivity index (χ0n) is 21.1. The maximum atomic E-state index is 12.3. The predicted molar refractivity (Wildman–Crippen MR) is 159 cm³/mol. The van der Waals surface area contributed by atoms with Gasteiger partial charge in [-0.2, -0.15) is 0 Å². The van der Waals surface area contributed by atoms with Crippen molar-refractivity contribution in [2.75, 3.05) is 18.4 Å². The van der Waals surface area contributed by atoms with Crippen LogP contribution in [0.5, 0.6) is 0 Å². The molecule has 196 valence electrons. The number of carbonyl (C=O) groups excluding carboxylic acids is 1. The summed E-state index contributed by atoms with van der Waals surface area (Å²) in [6.07, 6.45) is 3.45. The maximum Gasteiger partial charge on any atom is 0.269 e. The van der Waals surface area contributed by atoms with Crippen LogP contribution in [0.1, 0.15) is 40.2 Å². The lowest BCUT2D eigenvalue weighted by atomic mass is 10.0. The van der Waals surface area contributed by atoms with Gasteiger partial charge in [0.25, 0.3) is 5.91 Å². The van der Waals surface area contributed by atoms with Crippen LogP contribution in [0.15, 0.2) is 54.7 Å². The van der Waals surface area contributed by atoms with E-state index in [1.165, 1.54) is 5.56 Å². The Morgan fingerprint density at radius 1 is 0.973 bits per heavy atom. The van der Waals surface area contributed by atoms with Gasteiger partial charge in [-0.3, -0.25) is 14.8 Å². The Kier molecular flexibility index (Phi) is 11.1. The van der Waals surface area contributed by atoms with Gasteiger partial charge in [-0.25, -0.2) is 0 Å². The van der Waals surface area contributed by atoms with E-state index >= 15 is 0 Å². The van der Waals surface area contributed by atoms with Crippen molar-refractivity contribution in [1.82, 2.24) is 15.3 Å². The van der Waals surface area contributed by atoms with E-state index in [0.29, 0.717) is 23.8 Å². The summed E-state index contributed by atoms with van der Waals surface area (Å²) in [5, 5.41) is 7.94. The standard InChI is InChI=1S/C28H30ClN5O.2ClH/c1-17-6-7-18(2)25(14-17)34-27-22-15-20(8-10-23(22)33-19(3)26(27)29)21-9-11-24(32-16-21)28(35)31-13-5-4-12-30;;/h6-11,14-16H,4-5,12-13,30H2,1-3H3,(H,31,35)(H,33,34);2*1H. The Morgan fingerprint density at radius 2 is 1.73 bits per heavy atom. The molecule has 0 fully saturated rings. The van der Waals surface area contributed by atoms with Crippen LogP contribution in [-0.4, -0.2) is 29.0 Å². The second-order valence-electron chi connectivity index (χ2n) is 8.75. The lowest BCUT2D eigenvalue weighted by molar-refractivity contribution is 0.0948. The van der Waals surface area contributed by atoms with Crippen LogP contribution in [0.25, 0.3) is 22.0 Å². The second-order valence-corrected chi connectivity index (χ2v) is 9.12. The third-order valence-electron chi connectivity index (χ3n) is 5.99. The highest BCUT2D eigenvalue weighted by Crippen LogP contribution is 2.37. The number of nitrogens with two attached hydrogens (primary N) is 1. The number of benzene rings is 2. The molecule has 37 heavy (non-hydrogen) atoms. The molecule has 9 heteroatoms. The highest BCUT2D eigenvalue weighted by atomic mass is 35.5. The number of aromatic nitrogens is 2. The molecular formula is C28H32Cl3N5O. The maximum absolute atomic E-state index is 12.3. The number of pyridine rings is 2. The van der Waals surface area contributed by atoms with E-state index in [4.69, 9.17) is 17.3 Å². The molecule has 1 amide bonds. The van der Waals surface area contributed by atoms with E-state index in [2.05, 4.69) is 58.7 Å². The first-order valence-electron chi connectivity index (χ1n) is 11.8. The van der Waals surface area contributed by atoms with Crippen LogP contribution < -0.4 is 16.4 Å². The zero-order valence-corrected chi connectivity index (χ0v) is 23.5. The molecule has 2 aromatic heterocycles. The van der Waals surface area contributed by atoms with Gasteiger partial charge in [0.2, 0.25) is 0 Å². The van der Waals surface area contributed by atoms with Crippen molar-refractivity contribution in [2.24, 2.45) is 5.73 Å². The van der Waals surface area contributed by atoms with Crippen LogP contribution in [0.4, 0.5) is 11.4 Å². The number of hydrogen-bond acceptors (Lipinski definition) is 5. The molecule has 0 saturated heterocycles. The fraction of sp³-hybridized carbons (Fsp3) is 0.250. The number of aryl methyl sites for hydroxylation is 3. The fourth-order valence-corrected chi connectivity index (χ4v) is 4.12. The molecule has 0 unspecified atom stereocenters. The van der Waals surface area contributed by atoms with Crippen LogP contribution in [0, 0.1) is 20.8 Å². The van der Waals surface area contributed by atoms with Crippen molar-refractivity contribution in [3.8, 4) is 11.1 Å². The first-order chi connectivity index (χ1) is 16.9. The molecule has 0 aliphatic carbocycles. The molecular weight excluding hydrogens is 529 g/mol.